The normalized spacial score (nSPS) is 21.0. The number of hydrogen-bond donors (Lipinski definition) is 1. The molecule has 0 unspecified atom stereocenters. The number of halogens is 2. The number of nitrogens with one attached hydrogen (secondary N) is 1. The van der Waals surface area contributed by atoms with Crippen LogP contribution in [0.25, 0.3) is 0 Å². The first-order valence-electron chi connectivity index (χ1n) is 4.42. The Labute approximate surface area is 95.8 Å². The standard InChI is InChI=1S/C10H9BrClNO/c11-6-2-1-3-7(12)10(6)8-4-5-9(14)13-8/h1-3,8H,4-5H2,(H,13,14)/t8-/m1/s1. The minimum Gasteiger partial charge on any atom is -0.349 e. The van der Waals surface area contributed by atoms with Gasteiger partial charge in [0.1, 0.15) is 0 Å². The van der Waals surface area contributed by atoms with Crippen molar-refractivity contribution in [3.05, 3.63) is 33.3 Å². The van der Waals surface area contributed by atoms with Gasteiger partial charge in [0.05, 0.1) is 6.04 Å². The van der Waals surface area contributed by atoms with Gasteiger partial charge in [-0.2, -0.15) is 0 Å². The fourth-order valence-electron chi connectivity index (χ4n) is 1.67. The lowest BCUT2D eigenvalue weighted by atomic mass is 10.1. The van der Waals surface area contributed by atoms with E-state index in [4.69, 9.17) is 11.6 Å². The van der Waals surface area contributed by atoms with Gasteiger partial charge in [-0.25, -0.2) is 0 Å². The molecule has 1 atom stereocenters. The van der Waals surface area contributed by atoms with Gasteiger partial charge in [0, 0.05) is 21.5 Å². The molecule has 1 saturated heterocycles. The van der Waals surface area contributed by atoms with E-state index in [-0.39, 0.29) is 11.9 Å². The van der Waals surface area contributed by atoms with Gasteiger partial charge >= 0.3 is 0 Å². The Kier molecular flexibility index (Phi) is 2.79. The van der Waals surface area contributed by atoms with Crippen molar-refractivity contribution >= 4 is 33.4 Å². The molecule has 74 valence electrons. The van der Waals surface area contributed by atoms with Gasteiger partial charge in [-0.05, 0) is 18.6 Å². The van der Waals surface area contributed by atoms with Gasteiger partial charge in [0.15, 0.2) is 0 Å². The molecule has 1 N–H and O–H groups in total. The maximum Gasteiger partial charge on any atom is 0.220 e. The summed E-state index contributed by atoms with van der Waals surface area (Å²) in [5, 5.41) is 3.60. The zero-order chi connectivity index (χ0) is 10.1. The summed E-state index contributed by atoms with van der Waals surface area (Å²) in [6, 6.07) is 5.72. The van der Waals surface area contributed by atoms with E-state index in [1.807, 2.05) is 18.2 Å². The molecule has 1 amide bonds. The zero-order valence-electron chi connectivity index (χ0n) is 7.39. The highest BCUT2D eigenvalue weighted by molar-refractivity contribution is 9.10. The highest BCUT2D eigenvalue weighted by atomic mass is 79.9. The van der Waals surface area contributed by atoms with Crippen LogP contribution in [-0.4, -0.2) is 5.91 Å². The smallest absolute Gasteiger partial charge is 0.220 e. The highest BCUT2D eigenvalue weighted by Crippen LogP contribution is 2.34. The van der Waals surface area contributed by atoms with Crippen LogP contribution in [0.5, 0.6) is 0 Å². The number of carbonyl (C=O) groups is 1. The molecule has 0 radical (unpaired) electrons. The molecule has 1 aromatic carbocycles. The van der Waals surface area contributed by atoms with E-state index >= 15 is 0 Å². The first-order chi connectivity index (χ1) is 6.68. The van der Waals surface area contributed by atoms with Crippen molar-refractivity contribution in [3.63, 3.8) is 0 Å². The molecule has 1 aliphatic rings. The monoisotopic (exact) mass is 273 g/mol. The second-order valence-corrected chi connectivity index (χ2v) is 4.56. The molecule has 14 heavy (non-hydrogen) atoms. The van der Waals surface area contributed by atoms with E-state index in [9.17, 15) is 4.79 Å². The summed E-state index contributed by atoms with van der Waals surface area (Å²) in [6.45, 7) is 0. The predicted octanol–water partition coefficient (Wildman–Crippen LogP) is 3.05. The first kappa shape index (κ1) is 9.99. The molecule has 1 aliphatic heterocycles. The molecular formula is C10H9BrClNO. The van der Waals surface area contributed by atoms with Crippen LogP contribution in [-0.2, 0) is 4.79 Å². The Bertz CT molecular complexity index is 360. The van der Waals surface area contributed by atoms with Gasteiger partial charge in [-0.15, -0.1) is 0 Å². The lowest BCUT2D eigenvalue weighted by molar-refractivity contribution is -0.119. The summed E-state index contributed by atoms with van der Waals surface area (Å²) in [4.78, 5) is 11.1. The maximum atomic E-state index is 11.1. The summed E-state index contributed by atoms with van der Waals surface area (Å²) in [5.74, 6) is 0.0989. The van der Waals surface area contributed by atoms with Crippen LogP contribution >= 0.6 is 27.5 Å². The van der Waals surface area contributed by atoms with E-state index in [0.717, 1.165) is 16.5 Å². The quantitative estimate of drug-likeness (QED) is 0.838. The van der Waals surface area contributed by atoms with E-state index < -0.39 is 0 Å². The third-order valence-corrected chi connectivity index (χ3v) is 3.36. The van der Waals surface area contributed by atoms with E-state index in [2.05, 4.69) is 21.2 Å². The Morgan fingerprint density at radius 3 is 2.86 bits per heavy atom. The molecule has 1 fully saturated rings. The number of rotatable bonds is 1. The van der Waals surface area contributed by atoms with Gasteiger partial charge in [-0.3, -0.25) is 4.79 Å². The lowest BCUT2D eigenvalue weighted by Gasteiger charge is -2.13. The molecule has 0 spiro atoms. The van der Waals surface area contributed by atoms with Crippen LogP contribution in [0.2, 0.25) is 5.02 Å². The maximum absolute atomic E-state index is 11.1. The van der Waals surface area contributed by atoms with Gasteiger partial charge < -0.3 is 5.32 Å². The lowest BCUT2D eigenvalue weighted by Crippen LogP contribution is -2.18. The second-order valence-electron chi connectivity index (χ2n) is 3.29. The van der Waals surface area contributed by atoms with E-state index in [1.54, 1.807) is 0 Å². The largest absolute Gasteiger partial charge is 0.349 e. The molecule has 1 heterocycles. The zero-order valence-corrected chi connectivity index (χ0v) is 9.73. The van der Waals surface area contributed by atoms with Crippen molar-refractivity contribution in [2.75, 3.05) is 0 Å². The summed E-state index contributed by atoms with van der Waals surface area (Å²) in [7, 11) is 0. The highest BCUT2D eigenvalue weighted by Gasteiger charge is 2.25. The average Bonchev–Trinajstić information content (AvgIpc) is 2.51. The van der Waals surface area contributed by atoms with Crippen molar-refractivity contribution in [2.24, 2.45) is 0 Å². The second kappa shape index (κ2) is 3.91. The van der Waals surface area contributed by atoms with Gasteiger partial charge in [0.25, 0.3) is 0 Å². The Balaban J connectivity index is 2.36. The predicted molar refractivity (Wildman–Crippen MR) is 59.3 cm³/mol. The Hall–Kier alpha value is -0.540. The molecule has 2 rings (SSSR count). The first-order valence-corrected chi connectivity index (χ1v) is 5.59. The third-order valence-electron chi connectivity index (χ3n) is 2.34. The SMILES string of the molecule is O=C1CC[C@H](c2c(Cl)cccc2Br)N1. The molecule has 1 aromatic rings. The van der Waals surface area contributed by atoms with Crippen LogP contribution in [0, 0.1) is 0 Å². The van der Waals surface area contributed by atoms with Crippen LogP contribution in [0.4, 0.5) is 0 Å². The third kappa shape index (κ3) is 1.79. The fraction of sp³-hybridized carbons (Fsp3) is 0.300. The molecule has 0 aliphatic carbocycles. The number of amides is 1. The topological polar surface area (TPSA) is 29.1 Å². The Morgan fingerprint density at radius 2 is 2.29 bits per heavy atom. The van der Waals surface area contributed by atoms with Crippen molar-refractivity contribution in [1.82, 2.24) is 5.32 Å². The van der Waals surface area contributed by atoms with Crippen molar-refractivity contribution < 1.29 is 4.79 Å². The van der Waals surface area contributed by atoms with Crippen LogP contribution in [0.1, 0.15) is 24.4 Å². The Morgan fingerprint density at radius 1 is 1.50 bits per heavy atom. The minimum atomic E-state index is 0.0607. The van der Waals surface area contributed by atoms with Gasteiger partial charge in [0.2, 0.25) is 5.91 Å². The minimum absolute atomic E-state index is 0.0607. The van der Waals surface area contributed by atoms with Crippen molar-refractivity contribution in [3.8, 4) is 0 Å². The number of carbonyl (C=O) groups excluding carboxylic acids is 1. The molecule has 0 saturated carbocycles. The van der Waals surface area contributed by atoms with E-state index in [1.165, 1.54) is 0 Å². The van der Waals surface area contributed by atoms with E-state index in [0.29, 0.717) is 11.4 Å². The summed E-state index contributed by atoms with van der Waals surface area (Å²) in [5.41, 5.74) is 0.986. The fourth-order valence-corrected chi connectivity index (χ4v) is 2.74. The van der Waals surface area contributed by atoms with Crippen LogP contribution in [0.15, 0.2) is 22.7 Å². The molecule has 0 bridgehead atoms. The molecule has 4 heteroatoms. The van der Waals surface area contributed by atoms with Crippen molar-refractivity contribution in [2.45, 2.75) is 18.9 Å². The van der Waals surface area contributed by atoms with Crippen LogP contribution in [0.3, 0.4) is 0 Å². The average molecular weight is 275 g/mol. The molecule has 0 aromatic heterocycles. The van der Waals surface area contributed by atoms with Crippen LogP contribution < -0.4 is 5.32 Å². The summed E-state index contributed by atoms with van der Waals surface area (Å²) < 4.78 is 0.956. The number of benzene rings is 1. The summed E-state index contributed by atoms with van der Waals surface area (Å²) >= 11 is 9.52. The molecular weight excluding hydrogens is 265 g/mol. The van der Waals surface area contributed by atoms with Crippen molar-refractivity contribution in [1.29, 1.82) is 0 Å². The molecule has 2 nitrogen and oxygen atoms in total. The summed E-state index contributed by atoms with van der Waals surface area (Å²) in [6.07, 6.45) is 1.41. The van der Waals surface area contributed by atoms with Gasteiger partial charge in [-0.1, -0.05) is 33.6 Å². The number of hydrogen-bond acceptors (Lipinski definition) is 1.